The van der Waals surface area contributed by atoms with Crippen LogP contribution in [0.25, 0.3) is 0 Å². The number of carbonyl (C=O) groups is 1. The van der Waals surface area contributed by atoms with Gasteiger partial charge in [0.1, 0.15) is 0 Å². The van der Waals surface area contributed by atoms with Gasteiger partial charge in [-0.15, -0.1) is 0 Å². The Labute approximate surface area is 263 Å². The molecular weight excluding hydrogens is 540 g/mol. The average molecular weight is 587 g/mol. The summed E-state index contributed by atoms with van der Waals surface area (Å²) in [5.41, 5.74) is 5.66. The van der Waals surface area contributed by atoms with Gasteiger partial charge >= 0.3 is 0 Å². The highest BCUT2D eigenvalue weighted by atomic mass is 16.2. The number of aromatic nitrogens is 1. The Kier molecular flexibility index (Phi) is 10.4. The summed E-state index contributed by atoms with van der Waals surface area (Å²) in [6, 6.07) is 36.1. The monoisotopic (exact) mass is 586 g/mol. The molecule has 1 saturated heterocycles. The van der Waals surface area contributed by atoms with Crippen LogP contribution in [0.5, 0.6) is 0 Å². The van der Waals surface area contributed by atoms with Crippen molar-refractivity contribution in [2.75, 3.05) is 44.2 Å². The third-order valence-corrected chi connectivity index (χ3v) is 9.54. The summed E-state index contributed by atoms with van der Waals surface area (Å²) >= 11 is 0. The highest BCUT2D eigenvalue weighted by Crippen LogP contribution is 2.29. The second-order valence-electron chi connectivity index (χ2n) is 12.6. The van der Waals surface area contributed by atoms with E-state index in [4.69, 9.17) is 0 Å². The number of hydrogen-bond acceptors (Lipinski definition) is 4. The van der Waals surface area contributed by atoms with Crippen molar-refractivity contribution >= 4 is 11.6 Å². The number of piperazine rings is 1. The molecule has 1 aliphatic carbocycles. The molecule has 2 aliphatic rings. The van der Waals surface area contributed by atoms with E-state index in [-0.39, 0.29) is 5.91 Å². The van der Waals surface area contributed by atoms with E-state index in [0.717, 1.165) is 62.6 Å². The van der Waals surface area contributed by atoms with Crippen molar-refractivity contribution in [1.29, 1.82) is 0 Å². The topological polar surface area (TPSA) is 39.7 Å². The predicted molar refractivity (Wildman–Crippen MR) is 180 cm³/mol. The molecule has 5 nitrogen and oxygen atoms in total. The second kappa shape index (κ2) is 15.2. The zero-order valence-electron chi connectivity index (χ0n) is 25.9. The van der Waals surface area contributed by atoms with Crippen molar-refractivity contribution in [3.63, 3.8) is 0 Å². The molecule has 0 N–H and O–H groups in total. The fraction of sp³-hybridized carbons (Fsp3) is 0.385. The lowest BCUT2D eigenvalue weighted by molar-refractivity contribution is 0.0696. The summed E-state index contributed by atoms with van der Waals surface area (Å²) in [5.74, 6) is 1.10. The molecule has 0 spiro atoms. The van der Waals surface area contributed by atoms with Gasteiger partial charge in [-0.05, 0) is 73.2 Å². The van der Waals surface area contributed by atoms with E-state index in [1.54, 1.807) is 0 Å². The molecule has 1 amide bonds. The molecule has 1 saturated carbocycles. The largest absolute Gasteiger partial charge is 0.369 e. The SMILES string of the molecule is O=C(c1cccc(N2CCN(CCC(c3ccccc3)c3ccccc3)CC2)c1)N(Cc1ccccn1)CC1CCCCC1. The molecule has 1 aromatic heterocycles. The summed E-state index contributed by atoms with van der Waals surface area (Å²) in [4.78, 5) is 25.6. The first-order valence-electron chi connectivity index (χ1n) is 16.6. The van der Waals surface area contributed by atoms with E-state index in [2.05, 4.69) is 93.6 Å². The molecule has 3 aromatic carbocycles. The molecule has 4 aromatic rings. The molecule has 6 rings (SSSR count). The summed E-state index contributed by atoms with van der Waals surface area (Å²) < 4.78 is 0. The van der Waals surface area contributed by atoms with E-state index in [0.29, 0.717) is 18.4 Å². The number of carbonyl (C=O) groups excluding carboxylic acids is 1. The second-order valence-corrected chi connectivity index (χ2v) is 12.6. The first-order chi connectivity index (χ1) is 21.7. The fourth-order valence-corrected chi connectivity index (χ4v) is 7.04. The lowest BCUT2D eigenvalue weighted by atomic mass is 9.88. The molecule has 2 heterocycles. The minimum atomic E-state index is 0.120. The Balaban J connectivity index is 1.08. The number of hydrogen-bond donors (Lipinski definition) is 0. The van der Waals surface area contributed by atoms with Gasteiger partial charge in [-0.3, -0.25) is 14.7 Å². The van der Waals surface area contributed by atoms with Crippen molar-refractivity contribution in [2.45, 2.75) is 51.0 Å². The lowest BCUT2D eigenvalue weighted by Gasteiger charge is -2.37. The minimum absolute atomic E-state index is 0.120. The Morgan fingerprint density at radius 1 is 0.773 bits per heavy atom. The first-order valence-corrected chi connectivity index (χ1v) is 16.6. The molecule has 0 bridgehead atoms. The summed E-state index contributed by atoms with van der Waals surface area (Å²) in [7, 11) is 0. The minimum Gasteiger partial charge on any atom is -0.369 e. The third-order valence-electron chi connectivity index (χ3n) is 9.54. The van der Waals surface area contributed by atoms with Gasteiger partial charge in [0.2, 0.25) is 0 Å². The summed E-state index contributed by atoms with van der Waals surface area (Å²) in [5, 5.41) is 0. The van der Waals surface area contributed by atoms with Crippen LogP contribution < -0.4 is 4.90 Å². The van der Waals surface area contributed by atoms with Crippen LogP contribution in [0, 0.1) is 5.92 Å². The number of amides is 1. The van der Waals surface area contributed by atoms with Crippen LogP contribution >= 0.6 is 0 Å². The van der Waals surface area contributed by atoms with Gasteiger partial charge in [0.15, 0.2) is 0 Å². The van der Waals surface area contributed by atoms with E-state index >= 15 is 0 Å². The summed E-state index contributed by atoms with van der Waals surface area (Å²) in [6.45, 7) is 6.45. The maximum Gasteiger partial charge on any atom is 0.254 e. The number of rotatable bonds is 11. The quantitative estimate of drug-likeness (QED) is 0.181. The smallest absolute Gasteiger partial charge is 0.254 e. The summed E-state index contributed by atoms with van der Waals surface area (Å²) in [6.07, 6.45) is 9.23. The van der Waals surface area contributed by atoms with Crippen LogP contribution in [-0.4, -0.2) is 60.0 Å². The van der Waals surface area contributed by atoms with Crippen LogP contribution in [0.1, 0.15) is 71.6 Å². The Morgan fingerprint density at radius 3 is 2.11 bits per heavy atom. The Bertz CT molecular complexity index is 1390. The van der Waals surface area contributed by atoms with Gasteiger partial charge in [-0.25, -0.2) is 0 Å². The van der Waals surface area contributed by atoms with Gasteiger partial charge in [0, 0.05) is 56.1 Å². The zero-order chi connectivity index (χ0) is 30.0. The Hall–Kier alpha value is -3.96. The van der Waals surface area contributed by atoms with E-state index < -0.39 is 0 Å². The van der Waals surface area contributed by atoms with Crippen molar-refractivity contribution in [3.8, 4) is 0 Å². The van der Waals surface area contributed by atoms with Crippen LogP contribution in [0.15, 0.2) is 109 Å². The molecule has 44 heavy (non-hydrogen) atoms. The molecular formula is C39H46N4O. The maximum absolute atomic E-state index is 14.0. The molecule has 1 aliphatic heterocycles. The normalized spacial score (nSPS) is 16.2. The lowest BCUT2D eigenvalue weighted by Crippen LogP contribution is -2.47. The fourth-order valence-electron chi connectivity index (χ4n) is 7.04. The van der Waals surface area contributed by atoms with Gasteiger partial charge < -0.3 is 9.80 Å². The molecule has 5 heteroatoms. The Morgan fingerprint density at radius 2 is 1.45 bits per heavy atom. The molecule has 228 valence electrons. The van der Waals surface area contributed by atoms with Gasteiger partial charge in [0.05, 0.1) is 12.2 Å². The molecule has 0 unspecified atom stereocenters. The number of pyridine rings is 1. The van der Waals surface area contributed by atoms with Gasteiger partial charge in [-0.1, -0.05) is 92.1 Å². The molecule has 2 fully saturated rings. The number of nitrogens with zero attached hydrogens (tertiary/aromatic N) is 4. The van der Waals surface area contributed by atoms with Gasteiger partial charge in [-0.2, -0.15) is 0 Å². The van der Waals surface area contributed by atoms with E-state index in [1.165, 1.54) is 43.2 Å². The van der Waals surface area contributed by atoms with E-state index in [9.17, 15) is 4.79 Å². The number of benzene rings is 3. The highest BCUT2D eigenvalue weighted by Gasteiger charge is 2.24. The van der Waals surface area contributed by atoms with Crippen molar-refractivity contribution in [2.24, 2.45) is 5.92 Å². The predicted octanol–water partition coefficient (Wildman–Crippen LogP) is 7.65. The van der Waals surface area contributed by atoms with Crippen molar-refractivity contribution in [3.05, 3.63) is 132 Å². The zero-order valence-corrected chi connectivity index (χ0v) is 25.9. The number of anilines is 1. The first kappa shape index (κ1) is 30.1. The molecule has 0 atom stereocenters. The van der Waals surface area contributed by atoms with Crippen LogP contribution in [-0.2, 0) is 6.54 Å². The van der Waals surface area contributed by atoms with Crippen LogP contribution in [0.3, 0.4) is 0 Å². The van der Waals surface area contributed by atoms with Crippen molar-refractivity contribution < 1.29 is 4.79 Å². The molecule has 0 radical (unpaired) electrons. The van der Waals surface area contributed by atoms with Crippen LogP contribution in [0.4, 0.5) is 5.69 Å². The van der Waals surface area contributed by atoms with Crippen molar-refractivity contribution in [1.82, 2.24) is 14.8 Å². The standard InChI is InChI=1S/C39H46N4O/c44-39(43(30-32-13-4-1-5-14-32)31-36-20-10-11-23-40-36)35-19-12-21-37(29-35)42-27-25-41(26-28-42)24-22-38(33-15-6-2-7-16-33)34-17-8-3-9-18-34/h2-3,6-12,15-21,23,29,32,38H,1,4-5,13-14,22,24-28,30-31H2. The highest BCUT2D eigenvalue weighted by molar-refractivity contribution is 5.95. The van der Waals surface area contributed by atoms with Gasteiger partial charge in [0.25, 0.3) is 5.91 Å². The third kappa shape index (κ3) is 7.95. The van der Waals surface area contributed by atoms with E-state index in [1.807, 2.05) is 35.4 Å². The average Bonchev–Trinajstić information content (AvgIpc) is 3.10. The maximum atomic E-state index is 14.0. The van der Waals surface area contributed by atoms with Crippen LogP contribution in [0.2, 0.25) is 0 Å².